The highest BCUT2D eigenvalue weighted by Gasteiger charge is 2.22. The Morgan fingerprint density at radius 3 is 2.31 bits per heavy atom. The number of carbonyl (C=O) groups excluding carboxylic acids is 3. The molecule has 0 bridgehead atoms. The van der Waals surface area contributed by atoms with E-state index in [0.717, 1.165) is 0 Å². The first-order valence-corrected chi connectivity index (χ1v) is 10.4. The number of hydrogen-bond acceptors (Lipinski definition) is 6. The Kier molecular flexibility index (Phi) is 7.63. The first kappa shape index (κ1) is 22.3. The minimum atomic E-state index is -3.66. The van der Waals surface area contributed by atoms with Crippen molar-refractivity contribution in [3.63, 3.8) is 0 Å². The summed E-state index contributed by atoms with van der Waals surface area (Å²) < 4.78 is 31.4. The molecule has 0 atom stereocenters. The van der Waals surface area contributed by atoms with Crippen molar-refractivity contribution in [2.45, 2.75) is 18.7 Å². The molecule has 29 heavy (non-hydrogen) atoms. The molecule has 2 aromatic rings. The molecule has 0 saturated carbocycles. The van der Waals surface area contributed by atoms with Gasteiger partial charge in [0.05, 0.1) is 10.5 Å². The van der Waals surface area contributed by atoms with Crippen molar-refractivity contribution in [3.8, 4) is 0 Å². The van der Waals surface area contributed by atoms with Crippen LogP contribution in [0.4, 0.5) is 5.69 Å². The third-order valence-corrected chi connectivity index (χ3v) is 6.12. The number of anilines is 1. The molecular weight excluding hydrogens is 396 g/mol. The second-order valence-electron chi connectivity index (χ2n) is 5.98. The van der Waals surface area contributed by atoms with Gasteiger partial charge in [-0.2, -0.15) is 4.31 Å². The van der Waals surface area contributed by atoms with E-state index in [2.05, 4.69) is 5.32 Å². The number of nitrogens with one attached hydrogen (secondary N) is 1. The van der Waals surface area contributed by atoms with Crippen LogP contribution in [-0.4, -0.2) is 50.6 Å². The first-order chi connectivity index (χ1) is 13.8. The Balaban J connectivity index is 2.00. The van der Waals surface area contributed by atoms with Gasteiger partial charge in [0.1, 0.15) is 6.29 Å². The number of aldehydes is 1. The predicted octanol–water partition coefficient (Wildman–Crippen LogP) is 2.33. The maximum atomic E-state index is 12.6. The minimum Gasteiger partial charge on any atom is -0.452 e. The summed E-state index contributed by atoms with van der Waals surface area (Å²) in [5, 5.41) is 2.51. The van der Waals surface area contributed by atoms with E-state index in [0.29, 0.717) is 24.9 Å². The van der Waals surface area contributed by atoms with Crippen molar-refractivity contribution in [3.05, 3.63) is 59.7 Å². The number of sulfonamides is 1. The zero-order valence-electron chi connectivity index (χ0n) is 16.1. The van der Waals surface area contributed by atoms with E-state index in [1.54, 1.807) is 19.9 Å². The highest BCUT2D eigenvalue weighted by atomic mass is 32.2. The molecule has 0 aliphatic rings. The van der Waals surface area contributed by atoms with Crippen molar-refractivity contribution in [2.75, 3.05) is 25.0 Å². The number of carbonyl (C=O) groups is 3. The molecular formula is C20H22N2O6S. The standard InChI is InChI=1S/C20H22N2O6S/c1-3-22(4-2)29(26,27)18-7-5-6-17(12-18)21-19(24)14-28-20(25)16-10-8-15(13-23)9-11-16/h5-13H,3-4,14H2,1-2H3,(H,21,24). The summed E-state index contributed by atoms with van der Waals surface area (Å²) >= 11 is 0. The summed E-state index contributed by atoms with van der Waals surface area (Å²) in [6.07, 6.45) is 0.650. The van der Waals surface area contributed by atoms with Crippen LogP contribution in [0.3, 0.4) is 0 Å². The van der Waals surface area contributed by atoms with Gasteiger partial charge < -0.3 is 10.1 Å². The molecule has 1 amide bonds. The maximum Gasteiger partial charge on any atom is 0.338 e. The number of benzene rings is 2. The van der Waals surface area contributed by atoms with Gasteiger partial charge in [0.25, 0.3) is 5.91 Å². The summed E-state index contributed by atoms with van der Waals surface area (Å²) in [5.74, 6) is -1.32. The molecule has 0 aliphatic carbocycles. The van der Waals surface area contributed by atoms with E-state index in [4.69, 9.17) is 4.74 Å². The van der Waals surface area contributed by atoms with Gasteiger partial charge in [0.2, 0.25) is 10.0 Å². The number of amides is 1. The van der Waals surface area contributed by atoms with Crippen molar-refractivity contribution >= 4 is 33.9 Å². The monoisotopic (exact) mass is 418 g/mol. The Hall–Kier alpha value is -3.04. The SMILES string of the molecule is CCN(CC)S(=O)(=O)c1cccc(NC(=O)COC(=O)c2ccc(C=O)cc2)c1. The fourth-order valence-corrected chi connectivity index (χ4v) is 4.06. The summed E-state index contributed by atoms with van der Waals surface area (Å²) in [5.41, 5.74) is 0.893. The van der Waals surface area contributed by atoms with Crippen molar-refractivity contribution < 1.29 is 27.5 Å². The molecule has 0 radical (unpaired) electrons. The van der Waals surface area contributed by atoms with Crippen molar-refractivity contribution in [1.29, 1.82) is 0 Å². The van der Waals surface area contributed by atoms with Gasteiger partial charge >= 0.3 is 5.97 Å². The lowest BCUT2D eigenvalue weighted by atomic mass is 10.1. The number of ether oxygens (including phenoxy) is 1. The topological polar surface area (TPSA) is 110 Å². The molecule has 9 heteroatoms. The third-order valence-electron chi connectivity index (χ3n) is 4.08. The van der Waals surface area contributed by atoms with Crippen LogP contribution in [0.5, 0.6) is 0 Å². The molecule has 1 N–H and O–H groups in total. The fraction of sp³-hybridized carbons (Fsp3) is 0.250. The average molecular weight is 418 g/mol. The van der Waals surface area contributed by atoms with Gasteiger partial charge in [-0.05, 0) is 30.3 Å². The summed E-state index contributed by atoms with van der Waals surface area (Å²) in [7, 11) is -3.66. The van der Waals surface area contributed by atoms with Gasteiger partial charge in [-0.3, -0.25) is 9.59 Å². The molecule has 0 aliphatic heterocycles. The van der Waals surface area contributed by atoms with Gasteiger partial charge in [0, 0.05) is 24.3 Å². The fourth-order valence-electron chi connectivity index (χ4n) is 2.56. The van der Waals surface area contributed by atoms with Gasteiger partial charge in [-0.1, -0.05) is 32.0 Å². The lowest BCUT2D eigenvalue weighted by Gasteiger charge is -2.18. The average Bonchev–Trinajstić information content (AvgIpc) is 2.73. The highest BCUT2D eigenvalue weighted by Crippen LogP contribution is 2.19. The second-order valence-corrected chi connectivity index (χ2v) is 7.92. The Morgan fingerprint density at radius 1 is 1.07 bits per heavy atom. The van der Waals surface area contributed by atoms with Crippen molar-refractivity contribution in [1.82, 2.24) is 4.31 Å². The van der Waals surface area contributed by atoms with Crippen LogP contribution in [0.25, 0.3) is 0 Å². The van der Waals surface area contributed by atoms with Crippen LogP contribution in [0.15, 0.2) is 53.4 Å². The largest absolute Gasteiger partial charge is 0.452 e. The quantitative estimate of drug-likeness (QED) is 0.494. The number of hydrogen-bond donors (Lipinski definition) is 1. The summed E-state index contributed by atoms with van der Waals surface area (Å²) in [6, 6.07) is 11.6. The van der Waals surface area contributed by atoms with Crippen molar-refractivity contribution in [2.24, 2.45) is 0 Å². The lowest BCUT2D eigenvalue weighted by Crippen LogP contribution is -2.30. The molecule has 8 nitrogen and oxygen atoms in total. The maximum absolute atomic E-state index is 12.6. The summed E-state index contributed by atoms with van der Waals surface area (Å²) in [6.45, 7) is 3.61. The van der Waals surface area contributed by atoms with E-state index in [1.165, 1.54) is 46.8 Å². The number of esters is 1. The van der Waals surface area contributed by atoms with Gasteiger partial charge in [-0.15, -0.1) is 0 Å². The second kappa shape index (κ2) is 9.94. The number of nitrogens with zero attached hydrogens (tertiary/aromatic N) is 1. The molecule has 0 spiro atoms. The third kappa shape index (κ3) is 5.72. The van der Waals surface area contributed by atoms with Gasteiger partial charge in [0.15, 0.2) is 6.61 Å². The summed E-state index contributed by atoms with van der Waals surface area (Å²) in [4.78, 5) is 34.7. The van der Waals surface area contributed by atoms with Crippen LogP contribution in [0, 0.1) is 0 Å². The van der Waals surface area contributed by atoms with E-state index < -0.39 is 28.5 Å². The van der Waals surface area contributed by atoms with Crippen LogP contribution >= 0.6 is 0 Å². The molecule has 0 saturated heterocycles. The lowest BCUT2D eigenvalue weighted by molar-refractivity contribution is -0.119. The van der Waals surface area contributed by atoms with Crippen LogP contribution < -0.4 is 5.32 Å². The van der Waals surface area contributed by atoms with Crippen LogP contribution in [0.2, 0.25) is 0 Å². The van der Waals surface area contributed by atoms with E-state index in [-0.39, 0.29) is 16.1 Å². The van der Waals surface area contributed by atoms with Crippen LogP contribution in [-0.2, 0) is 19.6 Å². The number of rotatable bonds is 9. The Bertz CT molecular complexity index is 982. The highest BCUT2D eigenvalue weighted by molar-refractivity contribution is 7.89. The van der Waals surface area contributed by atoms with E-state index in [1.807, 2.05) is 0 Å². The van der Waals surface area contributed by atoms with Gasteiger partial charge in [-0.25, -0.2) is 13.2 Å². The minimum absolute atomic E-state index is 0.0614. The molecule has 2 rings (SSSR count). The molecule has 0 unspecified atom stereocenters. The molecule has 0 heterocycles. The Morgan fingerprint density at radius 2 is 1.72 bits per heavy atom. The van der Waals surface area contributed by atoms with E-state index >= 15 is 0 Å². The zero-order chi connectivity index (χ0) is 21.4. The molecule has 0 aromatic heterocycles. The molecule has 154 valence electrons. The zero-order valence-corrected chi connectivity index (χ0v) is 16.9. The Labute approximate surface area is 169 Å². The van der Waals surface area contributed by atoms with E-state index in [9.17, 15) is 22.8 Å². The molecule has 0 fully saturated rings. The van der Waals surface area contributed by atoms with Crippen LogP contribution in [0.1, 0.15) is 34.6 Å². The predicted molar refractivity (Wildman–Crippen MR) is 107 cm³/mol. The normalized spacial score (nSPS) is 11.1. The first-order valence-electron chi connectivity index (χ1n) is 8.94. The smallest absolute Gasteiger partial charge is 0.338 e. The molecule has 2 aromatic carbocycles.